The van der Waals surface area contributed by atoms with Crippen LogP contribution in [0.5, 0.6) is 0 Å². The van der Waals surface area contributed by atoms with Gasteiger partial charge in [0.1, 0.15) is 0 Å². The van der Waals surface area contributed by atoms with E-state index in [1.807, 2.05) is 23.1 Å². The molecule has 0 unspecified atom stereocenters. The lowest BCUT2D eigenvalue weighted by Gasteiger charge is -2.21. The van der Waals surface area contributed by atoms with E-state index in [1.54, 1.807) is 0 Å². The average Bonchev–Trinajstić information content (AvgIpc) is 2.72. The summed E-state index contributed by atoms with van der Waals surface area (Å²) >= 11 is 5.81. The monoisotopic (exact) mass is 433 g/mol. The first-order chi connectivity index (χ1) is 8.85. The Morgan fingerprint density at radius 1 is 1.37 bits per heavy atom. The van der Waals surface area contributed by atoms with Crippen LogP contribution in [-0.2, 0) is 6.54 Å². The van der Waals surface area contributed by atoms with Gasteiger partial charge in [0.25, 0.3) is 0 Å². The van der Waals surface area contributed by atoms with Crippen LogP contribution in [-0.4, -0.2) is 15.3 Å². The van der Waals surface area contributed by atoms with Crippen LogP contribution in [0.1, 0.15) is 26.3 Å². The van der Waals surface area contributed by atoms with E-state index in [0.717, 1.165) is 20.3 Å². The summed E-state index contributed by atoms with van der Waals surface area (Å²) in [7, 11) is 0. The second-order valence-corrected chi connectivity index (χ2v) is 7.64. The van der Waals surface area contributed by atoms with E-state index in [1.165, 1.54) is 5.56 Å². The lowest BCUT2D eigenvalue weighted by atomic mass is 10.1. The van der Waals surface area contributed by atoms with Crippen LogP contribution in [0.3, 0.4) is 0 Å². The normalized spacial score (nSPS) is 11.8. The zero-order chi connectivity index (χ0) is 14.0. The molecule has 0 spiro atoms. The Labute approximate surface area is 136 Å². The van der Waals surface area contributed by atoms with Crippen LogP contribution in [0, 0.1) is 3.57 Å². The third kappa shape index (κ3) is 4.29. The van der Waals surface area contributed by atoms with E-state index in [9.17, 15) is 0 Å². The maximum absolute atomic E-state index is 4.39. The maximum atomic E-state index is 4.39. The molecular weight excluding hydrogens is 417 g/mol. The van der Waals surface area contributed by atoms with Crippen molar-refractivity contribution in [3.63, 3.8) is 0 Å². The van der Waals surface area contributed by atoms with Crippen molar-refractivity contribution in [3.8, 4) is 5.69 Å². The van der Waals surface area contributed by atoms with Crippen LogP contribution in [0.25, 0.3) is 5.69 Å². The predicted molar refractivity (Wildman–Crippen MR) is 90.6 cm³/mol. The van der Waals surface area contributed by atoms with Gasteiger partial charge in [0.15, 0.2) is 0 Å². The Morgan fingerprint density at radius 2 is 2.11 bits per heavy atom. The Bertz CT molecular complexity index is 572. The van der Waals surface area contributed by atoms with Crippen molar-refractivity contribution < 1.29 is 0 Å². The number of rotatable bonds is 3. The molecule has 0 amide bonds. The number of hydrogen-bond donors (Lipinski definition) is 1. The fourth-order valence-electron chi connectivity index (χ4n) is 1.71. The molecule has 1 aromatic heterocycles. The molecule has 0 fully saturated rings. The molecule has 5 heteroatoms. The summed E-state index contributed by atoms with van der Waals surface area (Å²) in [6.45, 7) is 7.32. The molecule has 0 saturated heterocycles. The van der Waals surface area contributed by atoms with Gasteiger partial charge >= 0.3 is 0 Å². The fourth-order valence-corrected chi connectivity index (χ4v) is 2.51. The molecule has 0 aliphatic heterocycles. The Balaban J connectivity index is 2.33. The molecule has 3 nitrogen and oxygen atoms in total. The summed E-state index contributed by atoms with van der Waals surface area (Å²) < 4.78 is 4.15. The minimum Gasteiger partial charge on any atom is -0.308 e. The lowest BCUT2D eigenvalue weighted by Crippen LogP contribution is -2.35. The van der Waals surface area contributed by atoms with E-state index < -0.39 is 0 Å². The molecule has 0 radical (unpaired) electrons. The second kappa shape index (κ2) is 5.93. The molecule has 1 heterocycles. The minimum atomic E-state index is 0.0954. The molecule has 1 N–H and O–H groups in total. The maximum Gasteiger partial charge on any atom is 0.0691 e. The molecule has 2 rings (SSSR count). The molecule has 0 atom stereocenters. The molecular formula is C14H17BrIN3. The Kier molecular flexibility index (Phi) is 4.68. The van der Waals surface area contributed by atoms with Crippen LogP contribution >= 0.6 is 38.5 Å². The van der Waals surface area contributed by atoms with Gasteiger partial charge in [0.05, 0.1) is 15.5 Å². The standard InChI is InChI=1S/C14H17BrIN3/c1-14(2,3)17-7-10-6-11(15)4-5-13(10)19-9-12(16)8-18-19/h4-6,8-9,17H,7H2,1-3H3. The number of nitrogens with one attached hydrogen (secondary N) is 1. The van der Waals surface area contributed by atoms with Crippen LogP contribution in [0.15, 0.2) is 35.1 Å². The number of halogens is 2. The number of benzene rings is 1. The SMILES string of the molecule is CC(C)(C)NCc1cc(Br)ccc1-n1cc(I)cn1. The summed E-state index contributed by atoms with van der Waals surface area (Å²) in [5, 5.41) is 7.91. The minimum absolute atomic E-state index is 0.0954. The molecule has 19 heavy (non-hydrogen) atoms. The molecule has 0 bridgehead atoms. The average molecular weight is 434 g/mol. The number of nitrogens with zero attached hydrogens (tertiary/aromatic N) is 2. The van der Waals surface area contributed by atoms with E-state index >= 15 is 0 Å². The third-order valence-electron chi connectivity index (χ3n) is 2.65. The van der Waals surface area contributed by atoms with Gasteiger partial charge in [-0.05, 0) is 67.1 Å². The van der Waals surface area contributed by atoms with E-state index in [-0.39, 0.29) is 5.54 Å². The summed E-state index contributed by atoms with van der Waals surface area (Å²) in [6, 6.07) is 6.28. The van der Waals surface area contributed by atoms with Crippen molar-refractivity contribution >= 4 is 38.5 Å². The van der Waals surface area contributed by atoms with Crippen LogP contribution in [0.4, 0.5) is 0 Å². The van der Waals surface area contributed by atoms with E-state index in [2.05, 4.69) is 81.8 Å². The zero-order valence-corrected chi connectivity index (χ0v) is 15.0. The smallest absolute Gasteiger partial charge is 0.0691 e. The number of hydrogen-bond acceptors (Lipinski definition) is 2. The Hall–Kier alpha value is -0.400. The third-order valence-corrected chi connectivity index (χ3v) is 3.70. The molecule has 102 valence electrons. The topological polar surface area (TPSA) is 29.9 Å². The highest BCUT2D eigenvalue weighted by Crippen LogP contribution is 2.21. The lowest BCUT2D eigenvalue weighted by molar-refractivity contribution is 0.424. The van der Waals surface area contributed by atoms with Crippen molar-refractivity contribution in [2.75, 3.05) is 0 Å². The highest BCUT2D eigenvalue weighted by Gasteiger charge is 2.12. The highest BCUT2D eigenvalue weighted by atomic mass is 127. The van der Waals surface area contributed by atoms with Crippen LogP contribution in [0.2, 0.25) is 0 Å². The summed E-state index contributed by atoms with van der Waals surface area (Å²) in [5.41, 5.74) is 2.43. The van der Waals surface area contributed by atoms with Gasteiger partial charge in [0.2, 0.25) is 0 Å². The van der Waals surface area contributed by atoms with Crippen molar-refractivity contribution in [2.24, 2.45) is 0 Å². The first-order valence-electron chi connectivity index (χ1n) is 6.09. The van der Waals surface area contributed by atoms with E-state index in [4.69, 9.17) is 0 Å². The molecule has 0 aliphatic rings. The highest BCUT2D eigenvalue weighted by molar-refractivity contribution is 14.1. The van der Waals surface area contributed by atoms with Crippen molar-refractivity contribution in [1.29, 1.82) is 0 Å². The van der Waals surface area contributed by atoms with Crippen molar-refractivity contribution in [3.05, 3.63) is 44.2 Å². The predicted octanol–water partition coefficient (Wildman–Crippen LogP) is 4.13. The van der Waals surface area contributed by atoms with Gasteiger partial charge in [0, 0.05) is 22.8 Å². The summed E-state index contributed by atoms with van der Waals surface area (Å²) in [6.07, 6.45) is 3.90. The number of aromatic nitrogens is 2. The fraction of sp³-hybridized carbons (Fsp3) is 0.357. The van der Waals surface area contributed by atoms with Crippen LogP contribution < -0.4 is 5.32 Å². The first-order valence-corrected chi connectivity index (χ1v) is 7.96. The van der Waals surface area contributed by atoms with Gasteiger partial charge in [-0.15, -0.1) is 0 Å². The van der Waals surface area contributed by atoms with Gasteiger partial charge in [-0.3, -0.25) is 0 Å². The second-order valence-electron chi connectivity index (χ2n) is 5.48. The quantitative estimate of drug-likeness (QED) is 0.737. The summed E-state index contributed by atoms with van der Waals surface area (Å²) in [4.78, 5) is 0. The molecule has 2 aromatic rings. The summed E-state index contributed by atoms with van der Waals surface area (Å²) in [5.74, 6) is 0. The van der Waals surface area contributed by atoms with Crippen molar-refractivity contribution in [1.82, 2.24) is 15.1 Å². The Morgan fingerprint density at radius 3 is 2.68 bits per heavy atom. The van der Waals surface area contributed by atoms with Gasteiger partial charge in [-0.25, -0.2) is 4.68 Å². The van der Waals surface area contributed by atoms with Gasteiger partial charge in [-0.2, -0.15) is 5.10 Å². The van der Waals surface area contributed by atoms with E-state index in [0.29, 0.717) is 0 Å². The molecule has 0 saturated carbocycles. The van der Waals surface area contributed by atoms with Gasteiger partial charge < -0.3 is 5.32 Å². The van der Waals surface area contributed by atoms with Crippen molar-refractivity contribution in [2.45, 2.75) is 32.9 Å². The molecule has 0 aliphatic carbocycles. The first kappa shape index (κ1) is 15.0. The molecule has 1 aromatic carbocycles. The largest absolute Gasteiger partial charge is 0.308 e. The van der Waals surface area contributed by atoms with Gasteiger partial charge in [-0.1, -0.05) is 15.9 Å². The zero-order valence-electron chi connectivity index (χ0n) is 11.2.